The Labute approximate surface area is 389 Å². The average Bonchev–Trinajstić information content (AvgIpc) is 3.77. The van der Waals surface area contributed by atoms with E-state index in [1.165, 1.54) is 97.7 Å². The summed E-state index contributed by atoms with van der Waals surface area (Å²) in [6.07, 6.45) is 0. The van der Waals surface area contributed by atoms with Gasteiger partial charge in [-0.2, -0.15) is 0 Å². The van der Waals surface area contributed by atoms with Crippen LogP contribution >= 0.6 is 11.3 Å². The van der Waals surface area contributed by atoms with Crippen molar-refractivity contribution in [3.8, 4) is 66.8 Å². The van der Waals surface area contributed by atoms with E-state index in [1.54, 1.807) is 0 Å². The van der Waals surface area contributed by atoms with Crippen LogP contribution in [0.3, 0.4) is 0 Å². The van der Waals surface area contributed by atoms with Crippen LogP contribution < -0.4 is 4.90 Å². The minimum atomic E-state index is 1.09. The van der Waals surface area contributed by atoms with E-state index >= 15 is 0 Å². The van der Waals surface area contributed by atoms with Crippen LogP contribution in [0.2, 0.25) is 0 Å². The third kappa shape index (κ3) is 7.54. The zero-order valence-corrected chi connectivity index (χ0v) is 37.0. The highest BCUT2D eigenvalue weighted by atomic mass is 32.1. The van der Waals surface area contributed by atoms with Gasteiger partial charge in [0.2, 0.25) is 0 Å². The number of thiophene rings is 1. The summed E-state index contributed by atoms with van der Waals surface area (Å²) in [6, 6.07) is 95.1. The summed E-state index contributed by atoms with van der Waals surface area (Å²) in [5.41, 5.74) is 17.7. The molecule has 2 heteroatoms. The summed E-state index contributed by atoms with van der Waals surface area (Å²) in [4.78, 5) is 2.38. The normalized spacial score (nSPS) is 11.3. The maximum absolute atomic E-state index is 2.38. The summed E-state index contributed by atoms with van der Waals surface area (Å²) >= 11 is 1.86. The summed E-state index contributed by atoms with van der Waals surface area (Å²) < 4.78 is 2.64. The second-order valence-electron chi connectivity index (χ2n) is 16.9. The lowest BCUT2D eigenvalue weighted by Gasteiger charge is -2.26. The standard InChI is InChI=1S/C64H43NS/c1-2-13-49(14-3-1)59-20-6-7-21-60(59)55-18-11-19-58(42-55)65(57-37-32-48(33-38-57)54-34-39-62-61-22-8-9-23-63(61)66-64(62)43-54)56-35-30-46(31-36-56)45-24-26-47(27-25-45)51-16-10-17-52(40-51)53-29-28-44-12-4-5-15-50(44)41-53/h1-43H. The molecule has 12 aromatic rings. The SMILES string of the molecule is c1ccc(-c2ccccc2-c2cccc(N(c3ccc(-c4ccc(-c5cccc(-c6ccc7ccccc7c6)c5)cc4)cc3)c3ccc(-c4ccc5c(c4)sc4ccccc45)cc3)c2)cc1. The fourth-order valence-corrected chi connectivity index (χ4v) is 10.6. The minimum absolute atomic E-state index is 1.09. The predicted molar refractivity (Wildman–Crippen MR) is 284 cm³/mol. The Balaban J connectivity index is 0.876. The van der Waals surface area contributed by atoms with E-state index in [2.05, 4.69) is 266 Å². The van der Waals surface area contributed by atoms with Crippen LogP contribution in [-0.2, 0) is 0 Å². The van der Waals surface area contributed by atoms with Crippen molar-refractivity contribution < 1.29 is 0 Å². The molecule has 0 aliphatic heterocycles. The van der Waals surface area contributed by atoms with E-state index < -0.39 is 0 Å². The predicted octanol–water partition coefficient (Wildman–Crippen LogP) is 18.7. The van der Waals surface area contributed by atoms with Crippen LogP contribution in [0.1, 0.15) is 0 Å². The minimum Gasteiger partial charge on any atom is -0.310 e. The van der Waals surface area contributed by atoms with E-state index in [4.69, 9.17) is 0 Å². The van der Waals surface area contributed by atoms with Crippen LogP contribution in [-0.4, -0.2) is 0 Å². The molecule has 0 saturated heterocycles. The smallest absolute Gasteiger partial charge is 0.0467 e. The van der Waals surface area contributed by atoms with E-state index in [1.807, 2.05) is 11.3 Å². The summed E-state index contributed by atoms with van der Waals surface area (Å²) in [5, 5.41) is 5.16. The van der Waals surface area contributed by atoms with Gasteiger partial charge in [0, 0.05) is 37.2 Å². The second-order valence-corrected chi connectivity index (χ2v) is 18.0. The third-order valence-electron chi connectivity index (χ3n) is 12.9. The van der Waals surface area contributed by atoms with Crippen molar-refractivity contribution in [2.45, 2.75) is 0 Å². The molecule has 0 spiro atoms. The molecule has 11 aromatic carbocycles. The van der Waals surface area contributed by atoms with Gasteiger partial charge in [0.25, 0.3) is 0 Å². The molecule has 0 aliphatic carbocycles. The first-order valence-electron chi connectivity index (χ1n) is 22.6. The van der Waals surface area contributed by atoms with E-state index in [0.717, 1.165) is 17.1 Å². The van der Waals surface area contributed by atoms with Gasteiger partial charge < -0.3 is 4.90 Å². The molecule has 0 unspecified atom stereocenters. The maximum Gasteiger partial charge on any atom is 0.0467 e. The lowest BCUT2D eigenvalue weighted by molar-refractivity contribution is 1.28. The largest absolute Gasteiger partial charge is 0.310 e. The Bertz CT molecular complexity index is 3680. The monoisotopic (exact) mass is 857 g/mol. The van der Waals surface area contributed by atoms with Gasteiger partial charge in [-0.15, -0.1) is 11.3 Å². The van der Waals surface area contributed by atoms with Crippen molar-refractivity contribution in [1.29, 1.82) is 0 Å². The van der Waals surface area contributed by atoms with Gasteiger partial charge in [0.15, 0.2) is 0 Å². The van der Waals surface area contributed by atoms with Gasteiger partial charge in [-0.25, -0.2) is 0 Å². The molecular weight excluding hydrogens is 815 g/mol. The van der Waals surface area contributed by atoms with Gasteiger partial charge in [0.05, 0.1) is 0 Å². The lowest BCUT2D eigenvalue weighted by atomic mass is 9.94. The molecule has 1 heterocycles. The first kappa shape index (κ1) is 39.3. The van der Waals surface area contributed by atoms with Gasteiger partial charge >= 0.3 is 0 Å². The van der Waals surface area contributed by atoms with Crippen LogP contribution in [0.5, 0.6) is 0 Å². The highest BCUT2D eigenvalue weighted by Gasteiger charge is 2.16. The molecule has 0 radical (unpaired) electrons. The zero-order chi connectivity index (χ0) is 43.8. The van der Waals surface area contributed by atoms with Gasteiger partial charge in [-0.05, 0) is 138 Å². The molecule has 0 bridgehead atoms. The summed E-state index contributed by atoms with van der Waals surface area (Å²) in [5.74, 6) is 0. The first-order valence-corrected chi connectivity index (χ1v) is 23.4. The average molecular weight is 858 g/mol. The summed E-state index contributed by atoms with van der Waals surface area (Å²) in [7, 11) is 0. The topological polar surface area (TPSA) is 3.24 Å². The number of fused-ring (bicyclic) bond motifs is 4. The first-order chi connectivity index (χ1) is 32.7. The Kier molecular flexibility index (Phi) is 10.1. The van der Waals surface area contributed by atoms with Crippen LogP contribution in [0.15, 0.2) is 261 Å². The van der Waals surface area contributed by atoms with E-state index in [0.29, 0.717) is 0 Å². The van der Waals surface area contributed by atoms with E-state index in [-0.39, 0.29) is 0 Å². The Morgan fingerprint density at radius 1 is 0.227 bits per heavy atom. The zero-order valence-electron chi connectivity index (χ0n) is 36.2. The fourth-order valence-electron chi connectivity index (χ4n) is 9.48. The van der Waals surface area contributed by atoms with Crippen molar-refractivity contribution in [3.05, 3.63) is 261 Å². The second kappa shape index (κ2) is 17.0. The summed E-state index contributed by atoms with van der Waals surface area (Å²) in [6.45, 7) is 0. The molecule has 0 amide bonds. The molecule has 12 rings (SSSR count). The highest BCUT2D eigenvalue weighted by molar-refractivity contribution is 7.25. The van der Waals surface area contributed by atoms with Gasteiger partial charge in [0.1, 0.15) is 0 Å². The third-order valence-corrected chi connectivity index (χ3v) is 14.0. The van der Waals surface area contributed by atoms with Crippen molar-refractivity contribution in [2.24, 2.45) is 0 Å². The Morgan fingerprint density at radius 2 is 0.697 bits per heavy atom. The maximum atomic E-state index is 2.38. The van der Waals surface area contributed by atoms with Gasteiger partial charge in [-0.1, -0.05) is 200 Å². The number of anilines is 3. The fraction of sp³-hybridized carbons (Fsp3) is 0. The number of hydrogen-bond donors (Lipinski definition) is 0. The Morgan fingerprint density at radius 3 is 1.42 bits per heavy atom. The molecule has 310 valence electrons. The number of benzene rings is 11. The van der Waals surface area contributed by atoms with Crippen LogP contribution in [0, 0.1) is 0 Å². The van der Waals surface area contributed by atoms with Crippen LogP contribution in [0.25, 0.3) is 97.7 Å². The molecule has 1 aromatic heterocycles. The Hall–Kier alpha value is -8.30. The quantitative estimate of drug-likeness (QED) is 0.140. The van der Waals surface area contributed by atoms with Crippen molar-refractivity contribution in [3.63, 3.8) is 0 Å². The molecular formula is C64H43NS. The van der Waals surface area contributed by atoms with Gasteiger partial charge in [-0.3, -0.25) is 0 Å². The molecule has 0 fully saturated rings. The number of hydrogen-bond acceptors (Lipinski definition) is 2. The number of rotatable bonds is 9. The molecule has 0 atom stereocenters. The highest BCUT2D eigenvalue weighted by Crippen LogP contribution is 2.42. The number of nitrogens with zero attached hydrogens (tertiary/aromatic N) is 1. The van der Waals surface area contributed by atoms with Crippen molar-refractivity contribution in [1.82, 2.24) is 0 Å². The molecule has 0 saturated carbocycles. The van der Waals surface area contributed by atoms with E-state index in [9.17, 15) is 0 Å². The molecule has 1 nitrogen and oxygen atoms in total. The van der Waals surface area contributed by atoms with Crippen molar-refractivity contribution in [2.75, 3.05) is 4.90 Å². The molecule has 66 heavy (non-hydrogen) atoms. The lowest BCUT2D eigenvalue weighted by Crippen LogP contribution is -2.10. The molecule has 0 aliphatic rings. The molecule has 0 N–H and O–H groups in total. The van der Waals surface area contributed by atoms with Crippen molar-refractivity contribution >= 4 is 59.3 Å². The van der Waals surface area contributed by atoms with Crippen LogP contribution in [0.4, 0.5) is 17.1 Å².